The van der Waals surface area contributed by atoms with Crippen LogP contribution in [0.2, 0.25) is 0 Å². The van der Waals surface area contributed by atoms with Gasteiger partial charge in [-0.2, -0.15) is 0 Å². The Morgan fingerprint density at radius 3 is 2.50 bits per heavy atom. The van der Waals surface area contributed by atoms with Crippen LogP contribution in [0.15, 0.2) is 0 Å². The summed E-state index contributed by atoms with van der Waals surface area (Å²) in [6, 6.07) is 0. The predicted molar refractivity (Wildman–Crippen MR) is 51.8 cm³/mol. The summed E-state index contributed by atoms with van der Waals surface area (Å²) >= 11 is 0. The molecule has 0 N–H and O–H groups in total. The van der Waals surface area contributed by atoms with Crippen LogP contribution < -0.4 is 0 Å². The van der Waals surface area contributed by atoms with E-state index in [2.05, 4.69) is 18.8 Å². The molecule has 0 heterocycles. The minimum Gasteiger partial charge on any atom is -0.300 e. The van der Waals surface area contributed by atoms with Crippen LogP contribution in [-0.4, -0.2) is 5.78 Å². The van der Waals surface area contributed by atoms with E-state index in [1.807, 2.05) is 6.92 Å². The molecule has 0 saturated carbocycles. The van der Waals surface area contributed by atoms with Crippen LogP contribution >= 0.6 is 0 Å². The van der Waals surface area contributed by atoms with Crippen LogP contribution in [0.1, 0.15) is 52.4 Å². The average Bonchev–Trinajstić information content (AvgIpc) is 2.09. The Hall–Kier alpha value is -0.770. The Labute approximate surface area is 75.5 Å². The van der Waals surface area contributed by atoms with Gasteiger partial charge < -0.3 is 0 Å². The zero-order valence-corrected chi connectivity index (χ0v) is 8.15. The molecule has 0 aliphatic heterocycles. The summed E-state index contributed by atoms with van der Waals surface area (Å²) in [5.74, 6) is 6.18. The maximum Gasteiger partial charge on any atom is 0.132 e. The van der Waals surface area contributed by atoms with Crippen molar-refractivity contribution in [1.29, 1.82) is 0 Å². The van der Waals surface area contributed by atoms with Crippen LogP contribution in [0.5, 0.6) is 0 Å². The van der Waals surface area contributed by atoms with Gasteiger partial charge in [0.2, 0.25) is 0 Å². The second kappa shape index (κ2) is 8.33. The maximum absolute atomic E-state index is 11.1. The molecule has 1 nitrogen and oxygen atoms in total. The van der Waals surface area contributed by atoms with E-state index < -0.39 is 0 Å². The van der Waals surface area contributed by atoms with Gasteiger partial charge in [0.05, 0.1) is 0 Å². The van der Waals surface area contributed by atoms with Crippen molar-refractivity contribution in [3.63, 3.8) is 0 Å². The van der Waals surface area contributed by atoms with Gasteiger partial charge >= 0.3 is 0 Å². The summed E-state index contributed by atoms with van der Waals surface area (Å²) in [7, 11) is 0. The molecule has 0 radical (unpaired) electrons. The van der Waals surface area contributed by atoms with Crippen molar-refractivity contribution in [2.24, 2.45) is 0 Å². The Bertz CT molecular complexity index is 171. The molecule has 1 heteroatoms. The van der Waals surface area contributed by atoms with Gasteiger partial charge in [0.25, 0.3) is 0 Å². The molecular weight excluding hydrogens is 148 g/mol. The number of hydrogen-bond acceptors (Lipinski definition) is 1. The van der Waals surface area contributed by atoms with Crippen LogP contribution in [-0.2, 0) is 4.79 Å². The molecule has 0 aliphatic rings. The number of unbranched alkanes of at least 4 members (excludes halogenated alkanes) is 2. The fraction of sp³-hybridized carbons (Fsp3) is 0.727. The molecule has 0 aliphatic carbocycles. The SMILES string of the molecule is CC#CCCCC(=O)CCCC. The van der Waals surface area contributed by atoms with Gasteiger partial charge in [0.1, 0.15) is 5.78 Å². The molecule has 0 saturated heterocycles. The summed E-state index contributed by atoms with van der Waals surface area (Å²) in [5.41, 5.74) is 0. The largest absolute Gasteiger partial charge is 0.300 e. The van der Waals surface area contributed by atoms with Crippen molar-refractivity contribution in [2.75, 3.05) is 0 Å². The van der Waals surface area contributed by atoms with E-state index in [1.54, 1.807) is 0 Å². The quantitative estimate of drug-likeness (QED) is 0.438. The Balaban J connectivity index is 3.23. The highest BCUT2D eigenvalue weighted by Crippen LogP contribution is 2.02. The Morgan fingerprint density at radius 2 is 1.92 bits per heavy atom. The molecule has 0 aromatic heterocycles. The van der Waals surface area contributed by atoms with Gasteiger partial charge in [0.15, 0.2) is 0 Å². The van der Waals surface area contributed by atoms with Crippen LogP contribution in [0, 0.1) is 11.8 Å². The van der Waals surface area contributed by atoms with Gasteiger partial charge in [0, 0.05) is 19.3 Å². The molecule has 0 amide bonds. The third-order valence-electron chi connectivity index (χ3n) is 1.74. The van der Waals surface area contributed by atoms with Crippen molar-refractivity contribution in [1.82, 2.24) is 0 Å². The lowest BCUT2D eigenvalue weighted by molar-refractivity contribution is -0.119. The smallest absolute Gasteiger partial charge is 0.132 e. The standard InChI is InChI=1S/C11H18O/c1-3-5-7-8-10-11(12)9-6-4-2/h4,6-10H2,1-2H3. The highest BCUT2D eigenvalue weighted by molar-refractivity contribution is 5.78. The Kier molecular flexibility index (Phi) is 7.79. The van der Waals surface area contributed by atoms with Gasteiger partial charge in [-0.3, -0.25) is 4.79 Å². The highest BCUT2D eigenvalue weighted by atomic mass is 16.1. The van der Waals surface area contributed by atoms with Gasteiger partial charge in [-0.15, -0.1) is 11.8 Å². The topological polar surface area (TPSA) is 17.1 Å². The minimum absolute atomic E-state index is 0.398. The first-order valence-corrected chi connectivity index (χ1v) is 4.72. The minimum atomic E-state index is 0.398. The number of hydrogen-bond donors (Lipinski definition) is 0. The maximum atomic E-state index is 11.1. The van der Waals surface area contributed by atoms with Crippen LogP contribution in [0.3, 0.4) is 0 Å². The van der Waals surface area contributed by atoms with Gasteiger partial charge in [-0.25, -0.2) is 0 Å². The van der Waals surface area contributed by atoms with Crippen molar-refractivity contribution >= 4 is 5.78 Å². The molecule has 68 valence electrons. The van der Waals surface area contributed by atoms with Gasteiger partial charge in [-0.05, 0) is 19.8 Å². The van der Waals surface area contributed by atoms with E-state index in [0.29, 0.717) is 12.2 Å². The average molecular weight is 166 g/mol. The molecule has 0 atom stereocenters. The first-order chi connectivity index (χ1) is 5.81. The first kappa shape index (κ1) is 11.2. The molecular formula is C11H18O. The van der Waals surface area contributed by atoms with Crippen molar-refractivity contribution in [2.45, 2.75) is 52.4 Å². The third-order valence-corrected chi connectivity index (χ3v) is 1.74. The lowest BCUT2D eigenvalue weighted by Crippen LogP contribution is -1.96. The Morgan fingerprint density at radius 1 is 1.25 bits per heavy atom. The third kappa shape index (κ3) is 7.34. The number of ketones is 1. The fourth-order valence-electron chi connectivity index (χ4n) is 0.998. The molecule has 0 bridgehead atoms. The number of Topliss-reactive ketones (excluding diaryl/α,β-unsaturated/α-hetero) is 1. The highest BCUT2D eigenvalue weighted by Gasteiger charge is 1.98. The first-order valence-electron chi connectivity index (χ1n) is 4.72. The molecule has 12 heavy (non-hydrogen) atoms. The van der Waals surface area contributed by atoms with Crippen molar-refractivity contribution < 1.29 is 4.79 Å². The molecule has 0 fully saturated rings. The monoisotopic (exact) mass is 166 g/mol. The van der Waals surface area contributed by atoms with E-state index in [4.69, 9.17) is 0 Å². The molecule has 0 spiro atoms. The van der Waals surface area contributed by atoms with Crippen molar-refractivity contribution in [3.8, 4) is 11.8 Å². The zero-order valence-electron chi connectivity index (χ0n) is 8.15. The summed E-state index contributed by atoms with van der Waals surface area (Å²) in [6.45, 7) is 3.94. The molecule has 0 aromatic carbocycles. The van der Waals surface area contributed by atoms with E-state index in [-0.39, 0.29) is 0 Å². The fourth-order valence-corrected chi connectivity index (χ4v) is 0.998. The summed E-state index contributed by atoms with van der Waals surface area (Å²) in [4.78, 5) is 11.1. The molecule has 0 aromatic rings. The number of carbonyl (C=O) groups excluding carboxylic acids is 1. The lowest BCUT2D eigenvalue weighted by atomic mass is 10.1. The number of rotatable bonds is 6. The molecule has 0 rings (SSSR count). The summed E-state index contributed by atoms with van der Waals surface area (Å²) < 4.78 is 0. The summed E-state index contributed by atoms with van der Waals surface area (Å²) in [5, 5.41) is 0. The van der Waals surface area contributed by atoms with E-state index in [9.17, 15) is 4.79 Å². The van der Waals surface area contributed by atoms with Crippen LogP contribution in [0.4, 0.5) is 0 Å². The second-order valence-electron chi connectivity index (χ2n) is 2.92. The molecule has 0 unspecified atom stereocenters. The normalized spacial score (nSPS) is 8.83. The van der Waals surface area contributed by atoms with E-state index >= 15 is 0 Å². The predicted octanol–water partition coefficient (Wildman–Crippen LogP) is 2.94. The van der Waals surface area contributed by atoms with Gasteiger partial charge in [-0.1, -0.05) is 13.3 Å². The number of carbonyl (C=O) groups is 1. The zero-order chi connectivity index (χ0) is 9.23. The van der Waals surface area contributed by atoms with Crippen LogP contribution in [0.25, 0.3) is 0 Å². The van der Waals surface area contributed by atoms with E-state index in [1.165, 1.54) is 0 Å². The van der Waals surface area contributed by atoms with E-state index in [0.717, 1.165) is 32.1 Å². The second-order valence-corrected chi connectivity index (χ2v) is 2.92. The van der Waals surface area contributed by atoms with Crippen molar-refractivity contribution in [3.05, 3.63) is 0 Å². The summed E-state index contributed by atoms with van der Waals surface area (Å²) in [6.07, 6.45) is 5.43. The lowest BCUT2D eigenvalue weighted by Gasteiger charge is -1.96.